The smallest absolute Gasteiger partial charge is 0.223 e. The fourth-order valence-electron chi connectivity index (χ4n) is 3.48. The number of rotatable bonds is 8. The van der Waals surface area contributed by atoms with Crippen molar-refractivity contribution in [2.45, 2.75) is 25.5 Å². The van der Waals surface area contributed by atoms with Crippen molar-refractivity contribution < 1.29 is 17.9 Å². The van der Waals surface area contributed by atoms with Crippen molar-refractivity contribution in [3.63, 3.8) is 0 Å². The van der Waals surface area contributed by atoms with Gasteiger partial charge < -0.3 is 10.1 Å². The molecule has 0 saturated carbocycles. The lowest BCUT2D eigenvalue weighted by atomic mass is 9.97. The summed E-state index contributed by atoms with van der Waals surface area (Å²) in [7, 11) is -3.42. The molecule has 1 aliphatic heterocycles. The van der Waals surface area contributed by atoms with Crippen LogP contribution in [0.5, 0.6) is 5.75 Å². The highest BCUT2D eigenvalue weighted by Gasteiger charge is 2.31. The summed E-state index contributed by atoms with van der Waals surface area (Å²) < 4.78 is 32.5. The Hall–Kier alpha value is -2.09. The Labute approximate surface area is 183 Å². The Morgan fingerprint density at radius 2 is 1.80 bits per heavy atom. The van der Waals surface area contributed by atoms with E-state index in [2.05, 4.69) is 5.32 Å². The molecule has 0 radical (unpaired) electrons. The number of aryl methyl sites for hydroxylation is 1. The van der Waals surface area contributed by atoms with Crippen LogP contribution < -0.4 is 10.1 Å². The average Bonchev–Trinajstić information content (AvgIpc) is 2.74. The first-order valence-electron chi connectivity index (χ1n) is 10.0. The van der Waals surface area contributed by atoms with Gasteiger partial charge in [-0.3, -0.25) is 4.79 Å². The van der Waals surface area contributed by atoms with Crippen LogP contribution in [0, 0.1) is 12.8 Å². The molecule has 0 atom stereocenters. The number of nitrogens with one attached hydrogen (secondary N) is 1. The SMILES string of the molecule is Cc1ccccc1OCCNC(=O)C1CCN(S(=O)(=O)Cc2ccc(Cl)cc2)CC1. The molecule has 30 heavy (non-hydrogen) atoms. The van der Waals surface area contributed by atoms with E-state index < -0.39 is 10.0 Å². The van der Waals surface area contributed by atoms with Crippen molar-refractivity contribution in [1.82, 2.24) is 9.62 Å². The summed E-state index contributed by atoms with van der Waals surface area (Å²) in [5.74, 6) is 0.534. The molecule has 0 aromatic heterocycles. The van der Waals surface area contributed by atoms with Gasteiger partial charge in [0.1, 0.15) is 12.4 Å². The first-order chi connectivity index (χ1) is 14.3. The van der Waals surface area contributed by atoms with Gasteiger partial charge in [0.25, 0.3) is 0 Å². The fourth-order valence-corrected chi connectivity index (χ4v) is 5.17. The van der Waals surface area contributed by atoms with Crippen LogP contribution in [0.4, 0.5) is 0 Å². The van der Waals surface area contributed by atoms with E-state index in [1.165, 1.54) is 4.31 Å². The maximum Gasteiger partial charge on any atom is 0.223 e. The zero-order valence-corrected chi connectivity index (χ0v) is 18.6. The number of piperidine rings is 1. The minimum absolute atomic E-state index is 0.0434. The maximum absolute atomic E-state index is 12.7. The average molecular weight is 451 g/mol. The molecule has 1 heterocycles. The van der Waals surface area contributed by atoms with E-state index >= 15 is 0 Å². The van der Waals surface area contributed by atoms with Crippen LogP contribution in [0.3, 0.4) is 0 Å². The van der Waals surface area contributed by atoms with Crippen molar-refractivity contribution in [3.8, 4) is 5.75 Å². The van der Waals surface area contributed by atoms with Gasteiger partial charge in [-0.25, -0.2) is 12.7 Å². The molecule has 1 aliphatic rings. The summed E-state index contributed by atoms with van der Waals surface area (Å²) in [4.78, 5) is 12.4. The summed E-state index contributed by atoms with van der Waals surface area (Å²) in [6.45, 7) is 3.50. The molecule has 0 bridgehead atoms. The zero-order valence-electron chi connectivity index (χ0n) is 17.0. The number of halogens is 1. The van der Waals surface area contributed by atoms with E-state index in [-0.39, 0.29) is 17.6 Å². The second kappa shape index (κ2) is 10.3. The molecule has 6 nitrogen and oxygen atoms in total. The molecule has 1 saturated heterocycles. The quantitative estimate of drug-likeness (QED) is 0.625. The Kier molecular flexibility index (Phi) is 7.75. The van der Waals surface area contributed by atoms with Gasteiger partial charge in [0, 0.05) is 24.0 Å². The second-order valence-corrected chi connectivity index (χ2v) is 9.87. The standard InChI is InChI=1S/C22H27ClN2O4S/c1-17-4-2-3-5-21(17)29-15-12-24-22(26)19-10-13-25(14-11-19)30(27,28)16-18-6-8-20(23)9-7-18/h2-9,19H,10-16H2,1H3,(H,24,26). The van der Waals surface area contributed by atoms with Gasteiger partial charge in [0.2, 0.25) is 15.9 Å². The first kappa shape index (κ1) is 22.6. The topological polar surface area (TPSA) is 75.7 Å². The zero-order chi connectivity index (χ0) is 21.6. The number of carbonyl (C=O) groups excluding carboxylic acids is 1. The summed E-state index contributed by atoms with van der Waals surface area (Å²) in [5, 5.41) is 3.47. The lowest BCUT2D eigenvalue weighted by Gasteiger charge is -2.30. The minimum Gasteiger partial charge on any atom is -0.491 e. The lowest BCUT2D eigenvalue weighted by Crippen LogP contribution is -2.43. The highest BCUT2D eigenvalue weighted by Crippen LogP contribution is 2.22. The summed E-state index contributed by atoms with van der Waals surface area (Å²) in [6.07, 6.45) is 1.04. The van der Waals surface area contributed by atoms with Crippen LogP contribution in [0.1, 0.15) is 24.0 Å². The van der Waals surface area contributed by atoms with Gasteiger partial charge in [-0.05, 0) is 49.1 Å². The third kappa shape index (κ3) is 6.20. The van der Waals surface area contributed by atoms with Crippen LogP contribution in [0.25, 0.3) is 0 Å². The van der Waals surface area contributed by atoms with E-state index in [9.17, 15) is 13.2 Å². The van der Waals surface area contributed by atoms with Crippen LogP contribution >= 0.6 is 11.6 Å². The predicted molar refractivity (Wildman–Crippen MR) is 118 cm³/mol. The Morgan fingerprint density at radius 3 is 2.47 bits per heavy atom. The number of hydrogen-bond acceptors (Lipinski definition) is 4. The molecule has 1 fully saturated rings. The number of nitrogens with zero attached hydrogens (tertiary/aromatic N) is 1. The van der Waals surface area contributed by atoms with E-state index in [1.54, 1.807) is 24.3 Å². The van der Waals surface area contributed by atoms with Gasteiger partial charge in [0.05, 0.1) is 12.3 Å². The Morgan fingerprint density at radius 1 is 1.13 bits per heavy atom. The van der Waals surface area contributed by atoms with Crippen molar-refractivity contribution in [2.75, 3.05) is 26.2 Å². The number of carbonyl (C=O) groups is 1. The number of para-hydroxylation sites is 1. The largest absolute Gasteiger partial charge is 0.491 e. The second-order valence-electron chi connectivity index (χ2n) is 7.46. The molecule has 162 valence electrons. The molecule has 0 aliphatic carbocycles. The van der Waals surface area contributed by atoms with Gasteiger partial charge in [0.15, 0.2) is 0 Å². The van der Waals surface area contributed by atoms with Crippen LogP contribution in [0.2, 0.25) is 5.02 Å². The Balaban J connectivity index is 1.41. The third-order valence-electron chi connectivity index (χ3n) is 5.23. The highest BCUT2D eigenvalue weighted by atomic mass is 35.5. The molecule has 3 rings (SSSR count). The van der Waals surface area contributed by atoms with Gasteiger partial charge in [-0.2, -0.15) is 0 Å². The van der Waals surface area contributed by atoms with E-state index in [0.717, 1.165) is 11.3 Å². The molecule has 8 heteroatoms. The van der Waals surface area contributed by atoms with Crippen molar-refractivity contribution >= 4 is 27.5 Å². The van der Waals surface area contributed by atoms with Gasteiger partial charge >= 0.3 is 0 Å². The van der Waals surface area contributed by atoms with Gasteiger partial charge in [-0.15, -0.1) is 0 Å². The third-order valence-corrected chi connectivity index (χ3v) is 7.33. The molecule has 0 unspecified atom stereocenters. The van der Waals surface area contributed by atoms with Crippen molar-refractivity contribution in [1.29, 1.82) is 0 Å². The molecular formula is C22H27ClN2O4S. The van der Waals surface area contributed by atoms with E-state index in [1.807, 2.05) is 31.2 Å². The predicted octanol–water partition coefficient (Wildman–Crippen LogP) is 3.39. The lowest BCUT2D eigenvalue weighted by molar-refractivity contribution is -0.126. The highest BCUT2D eigenvalue weighted by molar-refractivity contribution is 7.88. The number of hydrogen-bond donors (Lipinski definition) is 1. The number of benzene rings is 2. The van der Waals surface area contributed by atoms with E-state index in [4.69, 9.17) is 16.3 Å². The van der Waals surface area contributed by atoms with Crippen LogP contribution in [0.15, 0.2) is 48.5 Å². The normalized spacial score (nSPS) is 15.7. The molecular weight excluding hydrogens is 424 g/mol. The molecule has 0 spiro atoms. The van der Waals surface area contributed by atoms with Gasteiger partial charge in [-0.1, -0.05) is 41.9 Å². The maximum atomic E-state index is 12.7. The monoisotopic (exact) mass is 450 g/mol. The minimum atomic E-state index is -3.42. The van der Waals surface area contributed by atoms with Crippen LogP contribution in [-0.2, 0) is 20.6 Å². The fraction of sp³-hybridized carbons (Fsp3) is 0.409. The summed E-state index contributed by atoms with van der Waals surface area (Å²) in [6, 6.07) is 14.6. The Bertz CT molecular complexity index is 955. The number of ether oxygens (including phenoxy) is 1. The van der Waals surface area contributed by atoms with E-state index in [0.29, 0.717) is 49.7 Å². The van der Waals surface area contributed by atoms with Crippen LogP contribution in [-0.4, -0.2) is 44.9 Å². The molecule has 2 aromatic carbocycles. The van der Waals surface area contributed by atoms with Crippen molar-refractivity contribution in [2.24, 2.45) is 5.92 Å². The first-order valence-corrected chi connectivity index (χ1v) is 12.0. The molecule has 1 N–H and O–H groups in total. The summed E-state index contributed by atoms with van der Waals surface area (Å²) >= 11 is 5.86. The number of sulfonamides is 1. The van der Waals surface area contributed by atoms with Crippen molar-refractivity contribution in [3.05, 3.63) is 64.7 Å². The molecule has 1 amide bonds. The molecule has 2 aromatic rings. The number of amides is 1. The summed E-state index contributed by atoms with van der Waals surface area (Å²) in [5.41, 5.74) is 1.75.